The standard InChI is InChI=1S/C10H9BrN4O2S/c11-8-4-3-7(6-9(8)12)18(16,17)15-10-2-1-5-13-14-10/h1-6H,12H2,(H,14,15). The molecule has 6 nitrogen and oxygen atoms in total. The maximum Gasteiger partial charge on any atom is 0.263 e. The highest BCUT2D eigenvalue weighted by molar-refractivity contribution is 9.10. The van der Waals surface area contributed by atoms with E-state index in [1.54, 1.807) is 12.1 Å². The maximum atomic E-state index is 12.0. The van der Waals surface area contributed by atoms with Crippen molar-refractivity contribution in [2.75, 3.05) is 10.5 Å². The van der Waals surface area contributed by atoms with Gasteiger partial charge in [-0.1, -0.05) is 0 Å². The number of nitrogens with zero attached hydrogens (tertiary/aromatic N) is 2. The molecule has 0 aliphatic heterocycles. The lowest BCUT2D eigenvalue weighted by molar-refractivity contribution is 0.601. The minimum absolute atomic E-state index is 0.0638. The van der Waals surface area contributed by atoms with Crippen LogP contribution in [-0.4, -0.2) is 18.6 Å². The van der Waals surface area contributed by atoms with Crippen LogP contribution in [0, 0.1) is 0 Å². The van der Waals surface area contributed by atoms with E-state index in [0.717, 1.165) is 0 Å². The lowest BCUT2D eigenvalue weighted by atomic mass is 10.3. The Bertz CT molecular complexity index is 661. The van der Waals surface area contributed by atoms with E-state index in [4.69, 9.17) is 5.73 Å². The molecule has 2 aromatic rings. The van der Waals surface area contributed by atoms with E-state index >= 15 is 0 Å². The zero-order chi connectivity index (χ0) is 13.2. The monoisotopic (exact) mass is 328 g/mol. The first-order valence-electron chi connectivity index (χ1n) is 4.84. The summed E-state index contributed by atoms with van der Waals surface area (Å²) < 4.78 is 27.0. The molecule has 0 fully saturated rings. The van der Waals surface area contributed by atoms with Crippen LogP contribution in [0.2, 0.25) is 0 Å². The Balaban J connectivity index is 2.34. The van der Waals surface area contributed by atoms with Crippen molar-refractivity contribution < 1.29 is 8.42 Å². The van der Waals surface area contributed by atoms with E-state index in [-0.39, 0.29) is 10.7 Å². The summed E-state index contributed by atoms with van der Waals surface area (Å²) in [6.07, 6.45) is 1.45. The Morgan fingerprint density at radius 2 is 2.06 bits per heavy atom. The number of halogens is 1. The van der Waals surface area contributed by atoms with Crippen molar-refractivity contribution in [1.82, 2.24) is 10.2 Å². The molecule has 0 saturated carbocycles. The van der Waals surface area contributed by atoms with Gasteiger partial charge in [-0.3, -0.25) is 4.72 Å². The zero-order valence-electron chi connectivity index (χ0n) is 9.04. The van der Waals surface area contributed by atoms with E-state index in [1.807, 2.05) is 0 Å². The predicted octanol–water partition coefficient (Wildman–Crippen LogP) is 1.62. The third-order valence-electron chi connectivity index (χ3n) is 2.09. The van der Waals surface area contributed by atoms with Gasteiger partial charge in [0.05, 0.1) is 4.90 Å². The van der Waals surface area contributed by atoms with Crippen molar-refractivity contribution in [1.29, 1.82) is 0 Å². The van der Waals surface area contributed by atoms with Crippen molar-refractivity contribution in [2.45, 2.75) is 4.90 Å². The quantitative estimate of drug-likeness (QED) is 0.834. The van der Waals surface area contributed by atoms with Gasteiger partial charge in [0.15, 0.2) is 5.82 Å². The van der Waals surface area contributed by atoms with Crippen LogP contribution in [0.3, 0.4) is 0 Å². The molecule has 0 amide bonds. The summed E-state index contributed by atoms with van der Waals surface area (Å²) in [6, 6.07) is 7.47. The molecule has 0 radical (unpaired) electrons. The Morgan fingerprint density at radius 1 is 1.28 bits per heavy atom. The van der Waals surface area contributed by atoms with Gasteiger partial charge < -0.3 is 5.73 Å². The summed E-state index contributed by atoms with van der Waals surface area (Å²) in [6.45, 7) is 0. The number of nitrogens with one attached hydrogen (secondary N) is 1. The van der Waals surface area contributed by atoms with Gasteiger partial charge in [-0.05, 0) is 46.3 Å². The van der Waals surface area contributed by atoms with E-state index in [9.17, 15) is 8.42 Å². The number of hydrogen-bond donors (Lipinski definition) is 2. The van der Waals surface area contributed by atoms with Crippen LogP contribution in [0.4, 0.5) is 11.5 Å². The fourth-order valence-corrected chi connectivity index (χ4v) is 2.52. The third kappa shape index (κ3) is 2.77. The average Bonchev–Trinajstić information content (AvgIpc) is 2.33. The van der Waals surface area contributed by atoms with Crippen molar-refractivity contribution in [3.8, 4) is 0 Å². The van der Waals surface area contributed by atoms with E-state index in [1.165, 1.54) is 24.4 Å². The minimum atomic E-state index is -3.71. The molecule has 8 heteroatoms. The highest BCUT2D eigenvalue weighted by Gasteiger charge is 2.15. The van der Waals surface area contributed by atoms with Crippen LogP contribution in [0.5, 0.6) is 0 Å². The lowest BCUT2D eigenvalue weighted by Gasteiger charge is -2.07. The Labute approximate surface area is 112 Å². The summed E-state index contributed by atoms with van der Waals surface area (Å²) in [4.78, 5) is 0.0638. The minimum Gasteiger partial charge on any atom is -0.398 e. The van der Waals surface area contributed by atoms with Gasteiger partial charge >= 0.3 is 0 Å². The number of nitrogen functional groups attached to an aromatic ring is 1. The first-order chi connectivity index (χ1) is 8.49. The SMILES string of the molecule is Nc1cc(S(=O)(=O)Nc2cccnn2)ccc1Br. The van der Waals surface area contributed by atoms with Gasteiger partial charge in [0.1, 0.15) is 0 Å². The molecule has 0 saturated heterocycles. The first-order valence-corrected chi connectivity index (χ1v) is 7.12. The fourth-order valence-electron chi connectivity index (χ4n) is 1.24. The molecule has 0 aliphatic rings. The van der Waals surface area contributed by atoms with Gasteiger partial charge in [0, 0.05) is 16.4 Å². The fraction of sp³-hybridized carbons (Fsp3) is 0. The van der Waals surface area contributed by atoms with Gasteiger partial charge in [-0.15, -0.1) is 5.10 Å². The maximum absolute atomic E-state index is 12.0. The molecule has 3 N–H and O–H groups in total. The molecular weight excluding hydrogens is 320 g/mol. The van der Waals surface area contributed by atoms with Crippen LogP contribution in [-0.2, 0) is 10.0 Å². The molecule has 0 unspecified atom stereocenters. The Hall–Kier alpha value is -1.67. The van der Waals surface area contributed by atoms with Gasteiger partial charge in [-0.2, -0.15) is 5.10 Å². The first kappa shape index (κ1) is 12.8. The van der Waals surface area contributed by atoms with Crippen LogP contribution in [0.15, 0.2) is 45.9 Å². The highest BCUT2D eigenvalue weighted by Crippen LogP contribution is 2.23. The zero-order valence-corrected chi connectivity index (χ0v) is 11.4. The molecule has 1 aromatic carbocycles. The molecule has 0 spiro atoms. The summed E-state index contributed by atoms with van der Waals surface area (Å²) in [5, 5.41) is 7.23. The molecule has 0 atom stereocenters. The van der Waals surface area contributed by atoms with Gasteiger partial charge in [-0.25, -0.2) is 8.42 Å². The third-order valence-corrected chi connectivity index (χ3v) is 4.16. The number of rotatable bonds is 3. The molecule has 1 aromatic heterocycles. The van der Waals surface area contributed by atoms with Crippen molar-refractivity contribution in [3.05, 3.63) is 41.0 Å². The van der Waals surface area contributed by atoms with Crippen molar-refractivity contribution in [3.63, 3.8) is 0 Å². The van der Waals surface area contributed by atoms with E-state index in [0.29, 0.717) is 10.2 Å². The average molecular weight is 329 g/mol. The summed E-state index contributed by atoms with van der Waals surface area (Å²) in [5.41, 5.74) is 5.99. The summed E-state index contributed by atoms with van der Waals surface area (Å²) >= 11 is 3.20. The van der Waals surface area contributed by atoms with Gasteiger partial charge in [0.25, 0.3) is 10.0 Å². The Kier molecular flexibility index (Phi) is 3.48. The molecule has 1 heterocycles. The smallest absolute Gasteiger partial charge is 0.263 e. The molecule has 94 valence electrons. The predicted molar refractivity (Wildman–Crippen MR) is 71.4 cm³/mol. The lowest BCUT2D eigenvalue weighted by Crippen LogP contribution is -2.14. The van der Waals surface area contributed by atoms with Gasteiger partial charge in [0.2, 0.25) is 0 Å². The summed E-state index contributed by atoms with van der Waals surface area (Å²) in [5.74, 6) is 0.152. The van der Waals surface area contributed by atoms with Crippen LogP contribution < -0.4 is 10.5 Å². The summed E-state index contributed by atoms with van der Waals surface area (Å²) in [7, 11) is -3.71. The highest BCUT2D eigenvalue weighted by atomic mass is 79.9. The molecule has 0 aliphatic carbocycles. The number of hydrogen-bond acceptors (Lipinski definition) is 5. The molecule has 0 bridgehead atoms. The number of nitrogens with two attached hydrogens (primary N) is 1. The topological polar surface area (TPSA) is 98.0 Å². The van der Waals surface area contributed by atoms with E-state index < -0.39 is 10.0 Å². The molecular formula is C10H9BrN4O2S. The van der Waals surface area contributed by atoms with E-state index in [2.05, 4.69) is 30.8 Å². The molecule has 2 rings (SSSR count). The van der Waals surface area contributed by atoms with Crippen molar-refractivity contribution in [2.24, 2.45) is 0 Å². The Morgan fingerprint density at radius 3 is 2.67 bits per heavy atom. The second-order valence-electron chi connectivity index (χ2n) is 3.40. The number of sulfonamides is 1. The number of aromatic nitrogens is 2. The largest absolute Gasteiger partial charge is 0.398 e. The normalized spacial score (nSPS) is 11.2. The van der Waals surface area contributed by atoms with Crippen LogP contribution in [0.25, 0.3) is 0 Å². The number of benzene rings is 1. The van der Waals surface area contributed by atoms with Crippen LogP contribution in [0.1, 0.15) is 0 Å². The second-order valence-corrected chi connectivity index (χ2v) is 5.93. The van der Waals surface area contributed by atoms with Crippen molar-refractivity contribution >= 4 is 37.5 Å². The second kappa shape index (κ2) is 4.91. The number of anilines is 2. The molecule has 18 heavy (non-hydrogen) atoms. The van der Waals surface area contributed by atoms with Crippen LogP contribution >= 0.6 is 15.9 Å².